The summed E-state index contributed by atoms with van der Waals surface area (Å²) in [7, 11) is 0. The van der Waals surface area contributed by atoms with Crippen molar-refractivity contribution >= 4 is 17.4 Å². The molecule has 0 saturated heterocycles. The van der Waals surface area contributed by atoms with Crippen molar-refractivity contribution in [3.8, 4) is 11.6 Å². The van der Waals surface area contributed by atoms with E-state index in [-0.39, 0.29) is 5.84 Å². The summed E-state index contributed by atoms with van der Waals surface area (Å²) in [6.45, 7) is 1.79. The van der Waals surface area contributed by atoms with Crippen LogP contribution in [0.1, 0.15) is 11.3 Å². The Morgan fingerprint density at radius 2 is 2.11 bits per heavy atom. The third-order valence-electron chi connectivity index (χ3n) is 2.38. The molecule has 3 N–H and O–H groups in total. The summed E-state index contributed by atoms with van der Waals surface area (Å²) >= 11 is 6.00. The molecule has 0 bridgehead atoms. The first-order chi connectivity index (χ1) is 9.10. The normalized spacial score (nSPS) is 11.4. The zero-order valence-corrected chi connectivity index (χ0v) is 10.9. The van der Waals surface area contributed by atoms with Gasteiger partial charge in [0.1, 0.15) is 5.75 Å². The molecule has 5 nitrogen and oxygen atoms in total. The Morgan fingerprint density at radius 1 is 1.37 bits per heavy atom. The first-order valence-electron chi connectivity index (χ1n) is 5.49. The molecular weight excluding hydrogens is 266 g/mol. The van der Waals surface area contributed by atoms with Crippen LogP contribution in [-0.2, 0) is 0 Å². The molecule has 98 valence electrons. The minimum atomic E-state index is -0.00508. The molecule has 1 aromatic heterocycles. The lowest BCUT2D eigenvalue weighted by atomic mass is 10.2. The monoisotopic (exact) mass is 277 g/mol. The molecule has 2 aromatic rings. The van der Waals surface area contributed by atoms with Gasteiger partial charge in [0, 0.05) is 17.3 Å². The van der Waals surface area contributed by atoms with Gasteiger partial charge < -0.3 is 15.7 Å². The maximum Gasteiger partial charge on any atom is 0.220 e. The average molecular weight is 278 g/mol. The zero-order chi connectivity index (χ0) is 13.8. The quantitative estimate of drug-likeness (QED) is 0.391. The number of nitrogens with zero attached hydrogens (tertiary/aromatic N) is 2. The number of hydrogen-bond acceptors (Lipinski definition) is 4. The largest absolute Gasteiger partial charge is 0.437 e. The Bertz CT molecular complexity index is 629. The number of halogens is 1. The third kappa shape index (κ3) is 3.14. The number of aromatic nitrogens is 1. The van der Waals surface area contributed by atoms with E-state index >= 15 is 0 Å². The van der Waals surface area contributed by atoms with Crippen molar-refractivity contribution in [2.24, 2.45) is 10.9 Å². The number of rotatable bonds is 3. The highest BCUT2D eigenvalue weighted by Crippen LogP contribution is 2.28. The van der Waals surface area contributed by atoms with Gasteiger partial charge in [-0.25, -0.2) is 4.98 Å². The molecule has 0 spiro atoms. The van der Waals surface area contributed by atoms with E-state index in [1.807, 2.05) is 6.07 Å². The number of amidine groups is 1. The Kier molecular flexibility index (Phi) is 3.87. The van der Waals surface area contributed by atoms with E-state index in [0.717, 1.165) is 0 Å². The van der Waals surface area contributed by atoms with Crippen LogP contribution in [0.5, 0.6) is 11.6 Å². The van der Waals surface area contributed by atoms with E-state index in [1.54, 1.807) is 37.3 Å². The second-order valence-corrected chi connectivity index (χ2v) is 4.26. The first-order valence-corrected chi connectivity index (χ1v) is 5.87. The highest BCUT2D eigenvalue weighted by molar-refractivity contribution is 6.32. The SMILES string of the molecule is Cc1cc(/C(N)=N/O)cc(Oc2ccccc2Cl)n1. The van der Waals surface area contributed by atoms with Crippen LogP contribution in [0, 0.1) is 6.92 Å². The summed E-state index contributed by atoms with van der Waals surface area (Å²) in [6, 6.07) is 10.3. The smallest absolute Gasteiger partial charge is 0.220 e. The van der Waals surface area contributed by atoms with Crippen molar-refractivity contribution in [2.75, 3.05) is 0 Å². The van der Waals surface area contributed by atoms with Gasteiger partial charge in [-0.2, -0.15) is 0 Å². The molecule has 0 radical (unpaired) electrons. The fourth-order valence-electron chi connectivity index (χ4n) is 1.54. The summed E-state index contributed by atoms with van der Waals surface area (Å²) in [5, 5.41) is 12.1. The molecule has 1 heterocycles. The average Bonchev–Trinajstić information content (AvgIpc) is 2.40. The molecular formula is C13H12ClN3O2. The van der Waals surface area contributed by atoms with Crippen LogP contribution >= 0.6 is 11.6 Å². The lowest BCUT2D eigenvalue weighted by Gasteiger charge is -2.08. The van der Waals surface area contributed by atoms with E-state index in [4.69, 9.17) is 27.3 Å². The topological polar surface area (TPSA) is 80.7 Å². The Morgan fingerprint density at radius 3 is 2.79 bits per heavy atom. The zero-order valence-electron chi connectivity index (χ0n) is 10.2. The highest BCUT2D eigenvalue weighted by Gasteiger charge is 2.08. The highest BCUT2D eigenvalue weighted by atomic mass is 35.5. The van der Waals surface area contributed by atoms with Crippen LogP contribution in [0.15, 0.2) is 41.6 Å². The van der Waals surface area contributed by atoms with Gasteiger partial charge >= 0.3 is 0 Å². The minimum Gasteiger partial charge on any atom is -0.437 e. The first kappa shape index (κ1) is 13.2. The summed E-state index contributed by atoms with van der Waals surface area (Å²) in [6.07, 6.45) is 0. The number of hydrogen-bond donors (Lipinski definition) is 2. The Labute approximate surface area is 115 Å². The Balaban J connectivity index is 2.36. The molecule has 0 fully saturated rings. The van der Waals surface area contributed by atoms with Gasteiger partial charge in [-0.3, -0.25) is 0 Å². The summed E-state index contributed by atoms with van der Waals surface area (Å²) in [5.41, 5.74) is 6.76. The fourth-order valence-corrected chi connectivity index (χ4v) is 1.71. The second-order valence-electron chi connectivity index (χ2n) is 3.85. The molecule has 0 aliphatic rings. The van der Waals surface area contributed by atoms with Crippen molar-refractivity contribution in [1.29, 1.82) is 0 Å². The van der Waals surface area contributed by atoms with Crippen LogP contribution in [0.4, 0.5) is 0 Å². The maximum absolute atomic E-state index is 8.68. The van der Waals surface area contributed by atoms with Crippen LogP contribution in [0.2, 0.25) is 5.02 Å². The number of oxime groups is 1. The Hall–Kier alpha value is -2.27. The minimum absolute atomic E-state index is 0.00508. The van der Waals surface area contributed by atoms with E-state index in [2.05, 4.69) is 10.1 Å². The van der Waals surface area contributed by atoms with Crippen molar-refractivity contribution in [2.45, 2.75) is 6.92 Å². The van der Waals surface area contributed by atoms with Crippen LogP contribution in [-0.4, -0.2) is 16.0 Å². The van der Waals surface area contributed by atoms with Gasteiger partial charge in [0.05, 0.1) is 5.02 Å². The van der Waals surface area contributed by atoms with Crippen LogP contribution in [0.3, 0.4) is 0 Å². The van der Waals surface area contributed by atoms with Crippen molar-refractivity contribution in [3.63, 3.8) is 0 Å². The predicted molar refractivity (Wildman–Crippen MR) is 73.0 cm³/mol. The number of nitrogens with two attached hydrogens (primary N) is 1. The number of benzene rings is 1. The number of para-hydroxylation sites is 1. The molecule has 0 aliphatic heterocycles. The summed E-state index contributed by atoms with van der Waals surface area (Å²) < 4.78 is 5.59. The number of aryl methyl sites for hydroxylation is 1. The lowest BCUT2D eigenvalue weighted by Crippen LogP contribution is -2.13. The van der Waals surface area contributed by atoms with Crippen LogP contribution in [0.25, 0.3) is 0 Å². The summed E-state index contributed by atoms with van der Waals surface area (Å²) in [5.74, 6) is 0.817. The molecule has 0 atom stereocenters. The molecule has 0 unspecified atom stereocenters. The molecule has 0 amide bonds. The lowest BCUT2D eigenvalue weighted by molar-refractivity contribution is 0.318. The van der Waals surface area contributed by atoms with Crippen molar-refractivity contribution < 1.29 is 9.94 Å². The number of pyridine rings is 1. The molecule has 0 saturated carbocycles. The number of ether oxygens (including phenoxy) is 1. The maximum atomic E-state index is 8.68. The summed E-state index contributed by atoms with van der Waals surface area (Å²) in [4.78, 5) is 4.21. The van der Waals surface area contributed by atoms with Gasteiger partial charge in [-0.1, -0.05) is 28.9 Å². The van der Waals surface area contributed by atoms with E-state index in [1.165, 1.54) is 0 Å². The standard InChI is InChI=1S/C13H12ClN3O2/c1-8-6-9(13(15)17-18)7-12(16-8)19-11-5-3-2-4-10(11)14/h2-7,18H,1H3,(H2,15,17). The predicted octanol–water partition coefficient (Wildman–Crippen LogP) is 2.93. The molecule has 0 aliphatic carbocycles. The third-order valence-corrected chi connectivity index (χ3v) is 2.70. The van der Waals surface area contributed by atoms with Crippen LogP contribution < -0.4 is 10.5 Å². The van der Waals surface area contributed by atoms with Gasteiger partial charge in [0.15, 0.2) is 5.84 Å². The van der Waals surface area contributed by atoms with Gasteiger partial charge in [0.25, 0.3) is 0 Å². The van der Waals surface area contributed by atoms with Crippen molar-refractivity contribution in [3.05, 3.63) is 52.7 Å². The van der Waals surface area contributed by atoms with Gasteiger partial charge in [-0.15, -0.1) is 0 Å². The van der Waals surface area contributed by atoms with Crippen molar-refractivity contribution in [1.82, 2.24) is 4.98 Å². The molecule has 1 aromatic carbocycles. The second kappa shape index (κ2) is 5.58. The molecule has 6 heteroatoms. The van der Waals surface area contributed by atoms with E-state index < -0.39 is 0 Å². The van der Waals surface area contributed by atoms with E-state index in [0.29, 0.717) is 27.9 Å². The fraction of sp³-hybridized carbons (Fsp3) is 0.0769. The molecule has 2 rings (SSSR count). The van der Waals surface area contributed by atoms with Gasteiger partial charge in [0.2, 0.25) is 5.88 Å². The van der Waals surface area contributed by atoms with Gasteiger partial charge in [-0.05, 0) is 25.1 Å². The van der Waals surface area contributed by atoms with E-state index in [9.17, 15) is 0 Å². The molecule has 19 heavy (non-hydrogen) atoms.